The first-order chi connectivity index (χ1) is 5.52. The first kappa shape index (κ1) is 9.03. The van der Waals surface area contributed by atoms with Crippen molar-refractivity contribution in [2.75, 3.05) is 0 Å². The van der Waals surface area contributed by atoms with Crippen molar-refractivity contribution in [3.05, 3.63) is 0 Å². The smallest absolute Gasteiger partial charge is 0.326 e. The lowest BCUT2D eigenvalue weighted by atomic mass is 9.89. The minimum Gasteiger partial charge on any atom is -0.480 e. The fourth-order valence-corrected chi connectivity index (χ4v) is 1.54. The van der Waals surface area contributed by atoms with E-state index < -0.39 is 12.0 Å². The second-order valence-corrected chi connectivity index (χ2v) is 3.50. The molecular weight excluding hydrogens is 158 g/mol. The minimum absolute atomic E-state index is 0.0602. The Balaban J connectivity index is 2.72. The van der Waals surface area contributed by atoms with Crippen LogP contribution >= 0.6 is 0 Å². The van der Waals surface area contributed by atoms with Crippen LogP contribution < -0.4 is 5.32 Å². The van der Waals surface area contributed by atoms with Crippen LogP contribution in [0, 0.1) is 11.8 Å². The predicted octanol–water partition coefficient (Wildman–Crippen LogP) is 0.232. The molecule has 1 rings (SSSR count). The van der Waals surface area contributed by atoms with Crippen molar-refractivity contribution in [1.82, 2.24) is 5.32 Å². The molecule has 2 unspecified atom stereocenters. The zero-order valence-corrected chi connectivity index (χ0v) is 7.20. The highest BCUT2D eigenvalue weighted by atomic mass is 16.4. The number of amides is 1. The molecule has 1 amide bonds. The van der Waals surface area contributed by atoms with Crippen molar-refractivity contribution in [2.45, 2.75) is 26.3 Å². The van der Waals surface area contributed by atoms with E-state index in [0.717, 1.165) is 0 Å². The summed E-state index contributed by atoms with van der Waals surface area (Å²) in [6, 6.07) is -0.683. The highest BCUT2D eigenvalue weighted by Gasteiger charge is 2.38. The molecule has 2 atom stereocenters. The molecule has 12 heavy (non-hydrogen) atoms. The first-order valence-corrected chi connectivity index (χ1v) is 4.04. The number of hydrogen-bond donors (Lipinski definition) is 2. The van der Waals surface area contributed by atoms with Crippen LogP contribution in [0.1, 0.15) is 20.3 Å². The Morgan fingerprint density at radius 1 is 1.67 bits per heavy atom. The van der Waals surface area contributed by atoms with Gasteiger partial charge in [0, 0.05) is 12.3 Å². The van der Waals surface area contributed by atoms with E-state index in [1.54, 1.807) is 0 Å². The first-order valence-electron chi connectivity index (χ1n) is 4.04. The molecule has 0 spiro atoms. The van der Waals surface area contributed by atoms with E-state index >= 15 is 0 Å². The maximum absolute atomic E-state index is 10.9. The lowest BCUT2D eigenvalue weighted by molar-refractivity contribution is -0.141. The van der Waals surface area contributed by atoms with Crippen LogP contribution in [0.15, 0.2) is 0 Å². The molecule has 1 heterocycles. The molecule has 0 aromatic heterocycles. The molecule has 68 valence electrons. The van der Waals surface area contributed by atoms with Crippen molar-refractivity contribution in [1.29, 1.82) is 0 Å². The summed E-state index contributed by atoms with van der Waals surface area (Å²) in [6.45, 7) is 3.86. The largest absolute Gasteiger partial charge is 0.480 e. The Morgan fingerprint density at radius 3 is 2.58 bits per heavy atom. The van der Waals surface area contributed by atoms with Crippen molar-refractivity contribution >= 4 is 11.9 Å². The Morgan fingerprint density at radius 2 is 2.25 bits per heavy atom. The molecule has 1 aliphatic heterocycles. The summed E-state index contributed by atoms with van der Waals surface area (Å²) in [6.07, 6.45) is 0.342. The number of carbonyl (C=O) groups is 2. The molecule has 4 heteroatoms. The molecular formula is C8H13NO3. The van der Waals surface area contributed by atoms with Crippen LogP contribution in [0.4, 0.5) is 0 Å². The normalized spacial score (nSPS) is 29.1. The Labute approximate surface area is 71.0 Å². The van der Waals surface area contributed by atoms with E-state index in [1.165, 1.54) is 0 Å². The van der Waals surface area contributed by atoms with Gasteiger partial charge in [0.2, 0.25) is 5.91 Å². The van der Waals surface area contributed by atoms with E-state index in [1.807, 2.05) is 13.8 Å². The summed E-state index contributed by atoms with van der Waals surface area (Å²) in [7, 11) is 0. The average molecular weight is 171 g/mol. The lowest BCUT2D eigenvalue weighted by Crippen LogP contribution is -2.38. The van der Waals surface area contributed by atoms with Gasteiger partial charge in [0.1, 0.15) is 6.04 Å². The highest BCUT2D eigenvalue weighted by Crippen LogP contribution is 2.24. The van der Waals surface area contributed by atoms with E-state index in [-0.39, 0.29) is 17.7 Å². The quantitative estimate of drug-likeness (QED) is 0.625. The third-order valence-corrected chi connectivity index (χ3v) is 2.29. The van der Waals surface area contributed by atoms with Gasteiger partial charge in [0.15, 0.2) is 0 Å². The number of carboxylic acid groups (broad SMARTS) is 1. The van der Waals surface area contributed by atoms with E-state index in [2.05, 4.69) is 5.32 Å². The van der Waals surface area contributed by atoms with Gasteiger partial charge in [-0.25, -0.2) is 4.79 Å². The van der Waals surface area contributed by atoms with Gasteiger partial charge in [-0.3, -0.25) is 4.79 Å². The van der Waals surface area contributed by atoms with Crippen LogP contribution in [0.5, 0.6) is 0 Å². The number of carboxylic acids is 1. The topological polar surface area (TPSA) is 66.4 Å². The van der Waals surface area contributed by atoms with Crippen molar-refractivity contribution in [2.24, 2.45) is 11.8 Å². The molecule has 0 aromatic carbocycles. The van der Waals surface area contributed by atoms with E-state index in [9.17, 15) is 9.59 Å². The molecule has 0 bridgehead atoms. The van der Waals surface area contributed by atoms with Gasteiger partial charge in [-0.1, -0.05) is 13.8 Å². The Kier molecular flexibility index (Phi) is 2.35. The standard InChI is InChI=1S/C8H13NO3/c1-4(2)5-3-6(10)9-7(5)8(11)12/h4-5,7H,3H2,1-2H3,(H,9,10)(H,11,12). The number of aliphatic carboxylic acids is 1. The van der Waals surface area contributed by atoms with Crippen LogP contribution in [0.2, 0.25) is 0 Å². The maximum Gasteiger partial charge on any atom is 0.326 e. The van der Waals surface area contributed by atoms with Crippen LogP contribution in [-0.4, -0.2) is 23.0 Å². The molecule has 1 aliphatic rings. The fraction of sp³-hybridized carbons (Fsp3) is 0.750. The third kappa shape index (κ3) is 1.57. The Hall–Kier alpha value is -1.06. The molecule has 0 saturated carbocycles. The van der Waals surface area contributed by atoms with Gasteiger partial charge < -0.3 is 10.4 Å². The Bertz CT molecular complexity index is 212. The number of hydrogen-bond acceptors (Lipinski definition) is 2. The van der Waals surface area contributed by atoms with Gasteiger partial charge in [0.25, 0.3) is 0 Å². The van der Waals surface area contributed by atoms with Gasteiger partial charge >= 0.3 is 5.97 Å². The van der Waals surface area contributed by atoms with Crippen molar-refractivity contribution < 1.29 is 14.7 Å². The molecule has 0 radical (unpaired) electrons. The van der Waals surface area contributed by atoms with Crippen molar-refractivity contribution in [3.63, 3.8) is 0 Å². The van der Waals surface area contributed by atoms with Gasteiger partial charge in [-0.15, -0.1) is 0 Å². The molecule has 4 nitrogen and oxygen atoms in total. The average Bonchev–Trinajstić information content (AvgIpc) is 2.31. The molecule has 0 aliphatic carbocycles. The molecule has 0 aromatic rings. The van der Waals surface area contributed by atoms with Crippen LogP contribution in [-0.2, 0) is 9.59 Å². The summed E-state index contributed by atoms with van der Waals surface area (Å²) < 4.78 is 0. The monoisotopic (exact) mass is 171 g/mol. The number of rotatable bonds is 2. The van der Waals surface area contributed by atoms with Gasteiger partial charge in [0.05, 0.1) is 0 Å². The van der Waals surface area contributed by atoms with E-state index in [0.29, 0.717) is 6.42 Å². The highest BCUT2D eigenvalue weighted by molar-refractivity contribution is 5.87. The lowest BCUT2D eigenvalue weighted by Gasteiger charge is -2.17. The zero-order chi connectivity index (χ0) is 9.30. The van der Waals surface area contributed by atoms with Gasteiger partial charge in [-0.2, -0.15) is 0 Å². The number of carbonyl (C=O) groups excluding carboxylic acids is 1. The van der Waals surface area contributed by atoms with Crippen LogP contribution in [0.25, 0.3) is 0 Å². The minimum atomic E-state index is -0.931. The molecule has 1 saturated heterocycles. The summed E-state index contributed by atoms with van der Waals surface area (Å²) in [5.74, 6) is -0.916. The molecule has 1 fully saturated rings. The van der Waals surface area contributed by atoms with E-state index in [4.69, 9.17) is 5.11 Å². The molecule has 2 N–H and O–H groups in total. The summed E-state index contributed by atoms with van der Waals surface area (Å²) >= 11 is 0. The summed E-state index contributed by atoms with van der Waals surface area (Å²) in [4.78, 5) is 21.5. The SMILES string of the molecule is CC(C)C1CC(=O)NC1C(=O)O. The second-order valence-electron chi connectivity index (χ2n) is 3.50. The zero-order valence-electron chi connectivity index (χ0n) is 7.20. The third-order valence-electron chi connectivity index (χ3n) is 2.29. The summed E-state index contributed by atoms with van der Waals surface area (Å²) in [5.41, 5.74) is 0. The second kappa shape index (κ2) is 3.13. The van der Waals surface area contributed by atoms with Crippen LogP contribution in [0.3, 0.4) is 0 Å². The summed E-state index contributed by atoms with van der Waals surface area (Å²) in [5, 5.41) is 11.2. The maximum atomic E-state index is 10.9. The predicted molar refractivity (Wildman–Crippen MR) is 42.5 cm³/mol. The number of nitrogens with one attached hydrogen (secondary N) is 1. The fourth-order valence-electron chi connectivity index (χ4n) is 1.54. The van der Waals surface area contributed by atoms with Gasteiger partial charge in [-0.05, 0) is 5.92 Å². The van der Waals surface area contributed by atoms with Crippen molar-refractivity contribution in [3.8, 4) is 0 Å².